The maximum absolute atomic E-state index is 12.9. The third-order valence-corrected chi connectivity index (χ3v) is 5.59. The molecule has 10 nitrogen and oxygen atoms in total. The van der Waals surface area contributed by atoms with Gasteiger partial charge in [-0.15, -0.1) is 0 Å². The fourth-order valence-electron chi connectivity index (χ4n) is 4.53. The van der Waals surface area contributed by atoms with Gasteiger partial charge < -0.3 is 20.9 Å². The summed E-state index contributed by atoms with van der Waals surface area (Å²) in [6, 6.07) is 0. The van der Waals surface area contributed by atoms with E-state index in [2.05, 4.69) is 68.8 Å². The van der Waals surface area contributed by atoms with Crippen molar-refractivity contribution >= 4 is 17.8 Å². The number of carbonyl (C=O) groups excluding carboxylic acids is 1. The molecule has 3 rings (SSSR count). The number of nitrogens with one attached hydrogen (secondary N) is 4. The van der Waals surface area contributed by atoms with Crippen LogP contribution in [-0.4, -0.2) is 99.6 Å². The normalized spacial score (nSPS) is 21.7. The summed E-state index contributed by atoms with van der Waals surface area (Å²) in [7, 11) is 0. The highest BCUT2D eigenvalue weighted by Gasteiger charge is 2.44. The third kappa shape index (κ3) is 6.72. The average molecular weight is 434 g/mol. The quantitative estimate of drug-likeness (QED) is 0.462. The van der Waals surface area contributed by atoms with Crippen molar-refractivity contribution in [2.45, 2.75) is 58.2 Å². The van der Waals surface area contributed by atoms with Crippen LogP contribution in [0.1, 0.15) is 41.5 Å². The standard InChI is InChI=1S/C21H39N9O/c1-19(2,13-30-14-20(3,4)28-21(5,6)16(30)31)27-18-25-15-24-17(26-18)23-9-12-29-10-7-22-8-11-29/h15,22,28H,7-14H2,1-6H3,(H2,23,24,25,26,27). The maximum Gasteiger partial charge on any atom is 0.242 e. The predicted molar refractivity (Wildman–Crippen MR) is 123 cm³/mol. The van der Waals surface area contributed by atoms with Crippen molar-refractivity contribution < 1.29 is 4.79 Å². The molecule has 10 heteroatoms. The van der Waals surface area contributed by atoms with Gasteiger partial charge in [0, 0.05) is 57.9 Å². The minimum absolute atomic E-state index is 0.104. The van der Waals surface area contributed by atoms with Gasteiger partial charge in [0.15, 0.2) is 0 Å². The lowest BCUT2D eigenvalue weighted by molar-refractivity contribution is -0.144. The number of amides is 1. The molecule has 0 spiro atoms. The second-order valence-corrected chi connectivity index (χ2v) is 10.5. The van der Waals surface area contributed by atoms with Crippen molar-refractivity contribution in [3.63, 3.8) is 0 Å². The zero-order valence-electron chi connectivity index (χ0n) is 19.9. The topological polar surface area (TPSA) is 110 Å². The summed E-state index contributed by atoms with van der Waals surface area (Å²) in [6.07, 6.45) is 1.51. The van der Waals surface area contributed by atoms with Gasteiger partial charge in [0.1, 0.15) is 6.33 Å². The summed E-state index contributed by atoms with van der Waals surface area (Å²) >= 11 is 0. The Labute approximate surface area is 186 Å². The zero-order chi connectivity index (χ0) is 22.7. The van der Waals surface area contributed by atoms with Crippen LogP contribution in [0, 0.1) is 0 Å². The summed E-state index contributed by atoms with van der Waals surface area (Å²) < 4.78 is 0. The van der Waals surface area contributed by atoms with E-state index in [0.29, 0.717) is 25.0 Å². The Morgan fingerprint density at radius 3 is 2.52 bits per heavy atom. The number of nitrogens with zero attached hydrogens (tertiary/aromatic N) is 5. The summed E-state index contributed by atoms with van der Waals surface area (Å²) in [6.45, 7) is 19.4. The first-order valence-corrected chi connectivity index (χ1v) is 11.2. The Balaban J connectivity index is 1.56. The van der Waals surface area contributed by atoms with Gasteiger partial charge in [-0.05, 0) is 41.5 Å². The number of anilines is 2. The summed E-state index contributed by atoms with van der Waals surface area (Å²) in [4.78, 5) is 30.3. The largest absolute Gasteiger partial charge is 0.353 e. The fourth-order valence-corrected chi connectivity index (χ4v) is 4.53. The van der Waals surface area contributed by atoms with Gasteiger partial charge in [-0.1, -0.05) is 0 Å². The Bertz CT molecular complexity index is 759. The number of aromatic nitrogens is 3. The van der Waals surface area contributed by atoms with Gasteiger partial charge >= 0.3 is 0 Å². The smallest absolute Gasteiger partial charge is 0.242 e. The van der Waals surface area contributed by atoms with Crippen LogP contribution in [0.2, 0.25) is 0 Å². The molecule has 1 amide bonds. The third-order valence-electron chi connectivity index (χ3n) is 5.59. The lowest BCUT2D eigenvalue weighted by atomic mass is 9.89. The molecule has 2 fully saturated rings. The Morgan fingerprint density at radius 2 is 1.81 bits per heavy atom. The molecule has 0 bridgehead atoms. The van der Waals surface area contributed by atoms with E-state index in [9.17, 15) is 4.79 Å². The van der Waals surface area contributed by atoms with Gasteiger partial charge in [0.05, 0.1) is 11.1 Å². The Hall–Kier alpha value is -2.04. The molecule has 174 valence electrons. The van der Waals surface area contributed by atoms with Crippen LogP contribution >= 0.6 is 0 Å². The molecule has 0 saturated carbocycles. The van der Waals surface area contributed by atoms with Gasteiger partial charge in [-0.2, -0.15) is 4.98 Å². The summed E-state index contributed by atoms with van der Waals surface area (Å²) in [5.41, 5.74) is -1.15. The second-order valence-electron chi connectivity index (χ2n) is 10.5. The first-order valence-electron chi connectivity index (χ1n) is 11.2. The van der Waals surface area contributed by atoms with Gasteiger partial charge in [0.25, 0.3) is 0 Å². The van der Waals surface area contributed by atoms with E-state index in [-0.39, 0.29) is 11.4 Å². The highest BCUT2D eigenvalue weighted by Crippen LogP contribution is 2.24. The number of hydrogen-bond donors (Lipinski definition) is 4. The van der Waals surface area contributed by atoms with E-state index < -0.39 is 11.1 Å². The van der Waals surface area contributed by atoms with E-state index in [1.807, 2.05) is 18.7 Å². The van der Waals surface area contributed by atoms with E-state index in [4.69, 9.17) is 0 Å². The molecule has 0 atom stereocenters. The van der Waals surface area contributed by atoms with Gasteiger partial charge in [-0.25, -0.2) is 9.97 Å². The van der Waals surface area contributed by atoms with E-state index in [0.717, 1.165) is 39.3 Å². The minimum atomic E-state index is -0.591. The molecule has 0 radical (unpaired) electrons. The van der Waals surface area contributed by atoms with Gasteiger partial charge in [0.2, 0.25) is 17.8 Å². The van der Waals surface area contributed by atoms with Crippen molar-refractivity contribution in [3.8, 4) is 0 Å². The highest BCUT2D eigenvalue weighted by molar-refractivity contribution is 5.86. The molecule has 2 saturated heterocycles. The minimum Gasteiger partial charge on any atom is -0.353 e. The van der Waals surface area contributed by atoms with Crippen molar-refractivity contribution in [2.24, 2.45) is 0 Å². The zero-order valence-corrected chi connectivity index (χ0v) is 19.9. The molecule has 31 heavy (non-hydrogen) atoms. The van der Waals surface area contributed by atoms with Crippen LogP contribution in [0.5, 0.6) is 0 Å². The van der Waals surface area contributed by atoms with E-state index >= 15 is 0 Å². The molecule has 0 unspecified atom stereocenters. The molecule has 2 aliphatic heterocycles. The monoisotopic (exact) mass is 433 g/mol. The highest BCUT2D eigenvalue weighted by atomic mass is 16.2. The van der Waals surface area contributed by atoms with Crippen molar-refractivity contribution in [1.82, 2.24) is 35.4 Å². The maximum atomic E-state index is 12.9. The number of carbonyl (C=O) groups is 1. The predicted octanol–water partition coefficient (Wildman–Crippen LogP) is 0.368. The molecular formula is C21H39N9O. The molecule has 3 heterocycles. The van der Waals surface area contributed by atoms with Crippen molar-refractivity contribution in [3.05, 3.63) is 6.33 Å². The van der Waals surface area contributed by atoms with Crippen LogP contribution in [0.25, 0.3) is 0 Å². The number of piperazine rings is 2. The molecule has 0 aliphatic carbocycles. The molecular weight excluding hydrogens is 394 g/mol. The summed E-state index contributed by atoms with van der Waals surface area (Å²) in [5.74, 6) is 1.17. The Morgan fingerprint density at radius 1 is 1.13 bits per heavy atom. The lowest BCUT2D eigenvalue weighted by Gasteiger charge is -2.49. The number of rotatable bonds is 8. The fraction of sp³-hybridized carbons (Fsp3) is 0.810. The lowest BCUT2D eigenvalue weighted by Crippen LogP contribution is -2.71. The molecule has 0 aromatic carbocycles. The molecule has 2 aliphatic rings. The molecule has 4 N–H and O–H groups in total. The van der Waals surface area contributed by atoms with Gasteiger partial charge in [-0.3, -0.25) is 15.0 Å². The summed E-state index contributed by atoms with van der Waals surface area (Å²) in [5, 5.41) is 13.5. The van der Waals surface area contributed by atoms with Crippen LogP contribution < -0.4 is 21.3 Å². The first kappa shape index (κ1) is 23.6. The second kappa shape index (κ2) is 9.22. The first-order chi connectivity index (χ1) is 14.5. The SMILES string of the molecule is CC(C)(CN1CC(C)(C)NC(C)(C)C1=O)Nc1ncnc(NCCN2CCNCC2)n1. The van der Waals surface area contributed by atoms with Crippen molar-refractivity contribution in [2.75, 3.05) is 63.0 Å². The van der Waals surface area contributed by atoms with E-state index in [1.165, 1.54) is 6.33 Å². The Kier molecular flexibility index (Phi) is 7.02. The average Bonchev–Trinajstić information content (AvgIpc) is 2.65. The van der Waals surface area contributed by atoms with Crippen LogP contribution in [0.15, 0.2) is 6.33 Å². The molecule has 1 aromatic rings. The van der Waals surface area contributed by atoms with Crippen molar-refractivity contribution in [1.29, 1.82) is 0 Å². The molecule has 1 aromatic heterocycles. The van der Waals surface area contributed by atoms with Crippen LogP contribution in [0.3, 0.4) is 0 Å². The number of hydrogen-bond acceptors (Lipinski definition) is 9. The van der Waals surface area contributed by atoms with E-state index in [1.54, 1.807) is 0 Å². The van der Waals surface area contributed by atoms with Crippen LogP contribution in [-0.2, 0) is 4.79 Å². The van der Waals surface area contributed by atoms with Crippen LogP contribution in [0.4, 0.5) is 11.9 Å².